The van der Waals surface area contributed by atoms with Gasteiger partial charge in [0.15, 0.2) is 5.69 Å². The normalized spacial score (nSPS) is 11.4. The van der Waals surface area contributed by atoms with Gasteiger partial charge >= 0.3 is 0 Å². The first-order chi connectivity index (χ1) is 11.5. The van der Waals surface area contributed by atoms with Crippen LogP contribution >= 0.6 is 11.6 Å². The molecule has 0 amide bonds. The summed E-state index contributed by atoms with van der Waals surface area (Å²) in [6.07, 6.45) is 0. The van der Waals surface area contributed by atoms with E-state index >= 15 is 0 Å². The number of carboxylic acid groups (broad SMARTS) is 1. The van der Waals surface area contributed by atoms with Crippen LogP contribution in [0.25, 0.3) is 10.9 Å². The Balaban J connectivity index is 2.11. The van der Waals surface area contributed by atoms with Gasteiger partial charge in [-0.15, -0.1) is 10.2 Å². The van der Waals surface area contributed by atoms with E-state index in [1.807, 2.05) is 31.2 Å². The third-order valence-electron chi connectivity index (χ3n) is 3.67. The lowest BCUT2D eigenvalue weighted by Gasteiger charge is -2.04. The van der Waals surface area contributed by atoms with E-state index in [1.165, 1.54) is 18.2 Å². The number of benzene rings is 2. The number of halogens is 1. The number of fused-ring (bicyclic) bond motifs is 1. The highest BCUT2D eigenvalue weighted by atomic mass is 35.5. The first-order valence-corrected chi connectivity index (χ1v) is 7.63. The number of para-hydroxylation sites is 1. The summed E-state index contributed by atoms with van der Waals surface area (Å²) in [5.74, 6) is -1.33. The molecule has 1 N–H and O–H groups in total. The summed E-state index contributed by atoms with van der Waals surface area (Å²) < 4.78 is 1.71. The zero-order valence-electron chi connectivity index (χ0n) is 12.7. The maximum absolute atomic E-state index is 10.9. The van der Waals surface area contributed by atoms with Crippen molar-refractivity contribution in [1.82, 2.24) is 4.57 Å². The lowest BCUT2D eigenvalue weighted by atomic mass is 10.2. The molecule has 1 heterocycles. The fourth-order valence-electron chi connectivity index (χ4n) is 2.51. The zero-order chi connectivity index (χ0) is 17.3. The van der Waals surface area contributed by atoms with Gasteiger partial charge in [-0.3, -0.25) is 0 Å². The summed E-state index contributed by atoms with van der Waals surface area (Å²) >= 11 is 6.02. The second kappa shape index (κ2) is 6.33. The van der Waals surface area contributed by atoms with E-state index in [2.05, 4.69) is 10.2 Å². The summed E-state index contributed by atoms with van der Waals surface area (Å²) in [5.41, 5.74) is 1.28. The average Bonchev–Trinajstić information content (AvgIpc) is 2.85. The molecular formula is C17H13ClN3O3-. The van der Waals surface area contributed by atoms with Crippen molar-refractivity contribution in [3.63, 3.8) is 0 Å². The number of aromatic nitrogens is 1. The summed E-state index contributed by atoms with van der Waals surface area (Å²) in [7, 11) is 0. The second-order valence-corrected chi connectivity index (χ2v) is 5.49. The van der Waals surface area contributed by atoms with Crippen molar-refractivity contribution >= 4 is 39.8 Å². The number of aromatic hydroxyl groups is 1. The van der Waals surface area contributed by atoms with Crippen molar-refractivity contribution in [1.29, 1.82) is 0 Å². The van der Waals surface area contributed by atoms with Gasteiger partial charge in [0.2, 0.25) is 5.88 Å². The highest BCUT2D eigenvalue weighted by Crippen LogP contribution is 2.39. The molecule has 0 saturated heterocycles. The third kappa shape index (κ3) is 2.72. The van der Waals surface area contributed by atoms with E-state index in [4.69, 9.17) is 11.6 Å². The standard InChI is InChI=1S/C17H14ClN3O3/c1-2-21-14-6-4-3-5-11(14)15(16(21)22)20-19-13-9-10(17(23)24)7-8-12(13)18/h3-9,22H,2H2,1H3,(H,23,24)/p-1. The number of hydrogen-bond acceptors (Lipinski definition) is 5. The van der Waals surface area contributed by atoms with Gasteiger partial charge < -0.3 is 19.6 Å². The van der Waals surface area contributed by atoms with E-state index in [9.17, 15) is 15.0 Å². The smallest absolute Gasteiger partial charge is 0.220 e. The maximum atomic E-state index is 10.9. The van der Waals surface area contributed by atoms with Crippen molar-refractivity contribution in [3.05, 3.63) is 53.1 Å². The minimum absolute atomic E-state index is 0.00497. The lowest BCUT2D eigenvalue weighted by Crippen LogP contribution is -2.21. The van der Waals surface area contributed by atoms with Gasteiger partial charge in [-0.05, 0) is 30.7 Å². The van der Waals surface area contributed by atoms with Crippen molar-refractivity contribution < 1.29 is 15.0 Å². The van der Waals surface area contributed by atoms with E-state index < -0.39 is 5.97 Å². The molecule has 1 aromatic heterocycles. The van der Waals surface area contributed by atoms with Gasteiger partial charge in [0, 0.05) is 11.9 Å². The SMILES string of the molecule is CCn1c(O)c(N=Nc2cc(C(=O)[O-])ccc2Cl)c2ccccc21. The average molecular weight is 343 g/mol. The van der Waals surface area contributed by atoms with E-state index in [0.717, 1.165) is 10.9 Å². The Hall–Kier alpha value is -2.86. The molecule has 0 atom stereocenters. The minimum Gasteiger partial charge on any atom is -0.545 e. The van der Waals surface area contributed by atoms with Crippen LogP contribution in [-0.2, 0) is 6.54 Å². The maximum Gasteiger partial charge on any atom is 0.220 e. The summed E-state index contributed by atoms with van der Waals surface area (Å²) in [6.45, 7) is 2.48. The first-order valence-electron chi connectivity index (χ1n) is 7.25. The van der Waals surface area contributed by atoms with Crippen molar-refractivity contribution in [2.24, 2.45) is 10.2 Å². The number of aromatic carboxylic acids is 1. The number of carboxylic acids is 1. The molecule has 0 aliphatic rings. The second-order valence-electron chi connectivity index (χ2n) is 5.09. The molecule has 0 saturated carbocycles. The van der Waals surface area contributed by atoms with Crippen molar-refractivity contribution in [2.45, 2.75) is 13.5 Å². The van der Waals surface area contributed by atoms with Gasteiger partial charge in [0.05, 0.1) is 16.5 Å². The van der Waals surface area contributed by atoms with Crippen LogP contribution in [0, 0.1) is 0 Å². The molecule has 3 rings (SSSR count). The quantitative estimate of drug-likeness (QED) is 0.731. The highest BCUT2D eigenvalue weighted by Gasteiger charge is 2.15. The molecule has 0 unspecified atom stereocenters. The first kappa shape index (κ1) is 16.0. The molecule has 0 spiro atoms. The molecule has 0 fully saturated rings. The Morgan fingerprint density at radius 1 is 1.25 bits per heavy atom. The number of hydrogen-bond donors (Lipinski definition) is 1. The lowest BCUT2D eigenvalue weighted by molar-refractivity contribution is -0.255. The predicted octanol–water partition coefficient (Wildman–Crippen LogP) is 3.80. The predicted molar refractivity (Wildman–Crippen MR) is 89.2 cm³/mol. The molecule has 2 aromatic carbocycles. The van der Waals surface area contributed by atoms with Gasteiger partial charge in [-0.2, -0.15) is 0 Å². The van der Waals surface area contributed by atoms with Crippen LogP contribution in [-0.4, -0.2) is 15.6 Å². The number of aryl methyl sites for hydroxylation is 1. The molecule has 0 aliphatic heterocycles. The number of nitrogens with zero attached hydrogens (tertiary/aromatic N) is 3. The highest BCUT2D eigenvalue weighted by molar-refractivity contribution is 6.33. The largest absolute Gasteiger partial charge is 0.545 e. The van der Waals surface area contributed by atoms with Crippen LogP contribution in [0.2, 0.25) is 5.02 Å². The molecule has 7 heteroatoms. The number of rotatable bonds is 4. The van der Waals surface area contributed by atoms with Crippen LogP contribution in [0.5, 0.6) is 5.88 Å². The molecule has 0 radical (unpaired) electrons. The monoisotopic (exact) mass is 342 g/mol. The Kier molecular flexibility index (Phi) is 4.22. The Labute approximate surface area is 142 Å². The molecule has 0 aliphatic carbocycles. The number of carbonyl (C=O) groups is 1. The number of azo groups is 1. The summed E-state index contributed by atoms with van der Waals surface area (Å²) in [6, 6.07) is 11.4. The molecule has 0 bridgehead atoms. The van der Waals surface area contributed by atoms with Crippen LogP contribution in [0.4, 0.5) is 11.4 Å². The fraction of sp³-hybridized carbons (Fsp3) is 0.118. The molecule has 122 valence electrons. The Bertz CT molecular complexity index is 963. The van der Waals surface area contributed by atoms with Gasteiger partial charge in [0.1, 0.15) is 5.69 Å². The van der Waals surface area contributed by atoms with Crippen molar-refractivity contribution in [2.75, 3.05) is 0 Å². The molecule has 24 heavy (non-hydrogen) atoms. The third-order valence-corrected chi connectivity index (χ3v) is 3.99. The zero-order valence-corrected chi connectivity index (χ0v) is 13.5. The summed E-state index contributed by atoms with van der Waals surface area (Å²) in [5, 5.41) is 30.4. The van der Waals surface area contributed by atoms with Gasteiger partial charge in [0.25, 0.3) is 0 Å². The fourth-order valence-corrected chi connectivity index (χ4v) is 2.67. The van der Waals surface area contributed by atoms with Gasteiger partial charge in [-0.1, -0.05) is 35.9 Å². The molecule has 3 aromatic rings. The Morgan fingerprint density at radius 2 is 2.00 bits per heavy atom. The van der Waals surface area contributed by atoms with E-state index in [1.54, 1.807) is 4.57 Å². The molecule has 6 nitrogen and oxygen atoms in total. The number of carbonyl (C=O) groups excluding carboxylic acids is 1. The van der Waals surface area contributed by atoms with E-state index in [0.29, 0.717) is 12.2 Å². The molecular weight excluding hydrogens is 330 g/mol. The van der Waals surface area contributed by atoms with Crippen molar-refractivity contribution in [3.8, 4) is 5.88 Å². The van der Waals surface area contributed by atoms with E-state index in [-0.39, 0.29) is 22.2 Å². The van der Waals surface area contributed by atoms with Crippen LogP contribution < -0.4 is 5.11 Å². The topological polar surface area (TPSA) is 90.0 Å². The van der Waals surface area contributed by atoms with Crippen LogP contribution in [0.3, 0.4) is 0 Å². The summed E-state index contributed by atoms with van der Waals surface area (Å²) in [4.78, 5) is 10.9. The Morgan fingerprint density at radius 3 is 2.71 bits per heavy atom. The van der Waals surface area contributed by atoms with Crippen LogP contribution in [0.1, 0.15) is 17.3 Å². The van der Waals surface area contributed by atoms with Crippen LogP contribution in [0.15, 0.2) is 52.7 Å². The van der Waals surface area contributed by atoms with Gasteiger partial charge in [-0.25, -0.2) is 0 Å². The minimum atomic E-state index is -1.33.